The van der Waals surface area contributed by atoms with Gasteiger partial charge in [0.25, 0.3) is 0 Å². The maximum Gasteiger partial charge on any atom is 0.161 e. The van der Waals surface area contributed by atoms with Gasteiger partial charge >= 0.3 is 0 Å². The molecule has 0 atom stereocenters. The van der Waals surface area contributed by atoms with Gasteiger partial charge in [0.1, 0.15) is 6.61 Å². The monoisotopic (exact) mass is 263 g/mol. The van der Waals surface area contributed by atoms with Crippen molar-refractivity contribution in [2.75, 3.05) is 32.8 Å². The summed E-state index contributed by atoms with van der Waals surface area (Å²) in [5.74, 6) is 1.73. The summed E-state index contributed by atoms with van der Waals surface area (Å²) in [6.45, 7) is 7.05. The number of ether oxygens (including phenoxy) is 2. The number of nitrogens with zero attached hydrogens (tertiary/aromatic N) is 1. The molecule has 3 nitrogen and oxygen atoms in total. The SMILES string of the molecule is CCCOc1ccccc1OCCN1CCCCC1. The molecule has 0 aliphatic carbocycles. The average molecular weight is 263 g/mol. The van der Waals surface area contributed by atoms with Crippen molar-refractivity contribution in [1.29, 1.82) is 0 Å². The highest BCUT2D eigenvalue weighted by molar-refractivity contribution is 5.39. The van der Waals surface area contributed by atoms with E-state index in [-0.39, 0.29) is 0 Å². The molecular formula is C16H25NO2. The van der Waals surface area contributed by atoms with E-state index in [9.17, 15) is 0 Å². The maximum atomic E-state index is 5.87. The minimum absolute atomic E-state index is 0.743. The van der Waals surface area contributed by atoms with Crippen molar-refractivity contribution in [2.45, 2.75) is 32.6 Å². The lowest BCUT2D eigenvalue weighted by molar-refractivity contribution is 0.179. The Morgan fingerprint density at radius 3 is 2.21 bits per heavy atom. The highest BCUT2D eigenvalue weighted by Gasteiger charge is 2.10. The van der Waals surface area contributed by atoms with Crippen LogP contribution in [-0.2, 0) is 0 Å². The van der Waals surface area contributed by atoms with Crippen LogP contribution in [0.3, 0.4) is 0 Å². The number of hydrogen-bond donors (Lipinski definition) is 0. The highest BCUT2D eigenvalue weighted by atomic mass is 16.5. The van der Waals surface area contributed by atoms with Gasteiger partial charge in [0.15, 0.2) is 11.5 Å². The molecule has 19 heavy (non-hydrogen) atoms. The van der Waals surface area contributed by atoms with Crippen LogP contribution in [0.25, 0.3) is 0 Å². The highest BCUT2D eigenvalue weighted by Crippen LogP contribution is 2.26. The summed E-state index contributed by atoms with van der Waals surface area (Å²) < 4.78 is 11.6. The quantitative estimate of drug-likeness (QED) is 0.753. The first-order valence-electron chi connectivity index (χ1n) is 7.47. The van der Waals surface area contributed by atoms with Gasteiger partial charge in [-0.2, -0.15) is 0 Å². The Morgan fingerprint density at radius 1 is 0.947 bits per heavy atom. The summed E-state index contributed by atoms with van der Waals surface area (Å²) in [6, 6.07) is 7.95. The Labute approximate surface area is 116 Å². The van der Waals surface area contributed by atoms with Gasteiger partial charge in [-0.25, -0.2) is 0 Å². The van der Waals surface area contributed by atoms with Crippen LogP contribution in [0.2, 0.25) is 0 Å². The molecule has 2 rings (SSSR count). The molecule has 0 bridgehead atoms. The Morgan fingerprint density at radius 2 is 1.58 bits per heavy atom. The molecule has 3 heteroatoms. The molecule has 0 N–H and O–H groups in total. The van der Waals surface area contributed by atoms with Crippen molar-refractivity contribution in [1.82, 2.24) is 4.90 Å². The molecule has 1 heterocycles. The van der Waals surface area contributed by atoms with Crippen LogP contribution in [0, 0.1) is 0 Å². The fourth-order valence-electron chi connectivity index (χ4n) is 2.37. The van der Waals surface area contributed by atoms with E-state index in [1.165, 1.54) is 32.4 Å². The number of rotatable bonds is 7. The van der Waals surface area contributed by atoms with Crippen LogP contribution in [0.1, 0.15) is 32.6 Å². The molecule has 1 saturated heterocycles. The van der Waals surface area contributed by atoms with E-state index in [0.717, 1.165) is 37.7 Å². The normalized spacial score (nSPS) is 16.3. The van der Waals surface area contributed by atoms with Crippen molar-refractivity contribution < 1.29 is 9.47 Å². The molecule has 0 spiro atoms. The van der Waals surface area contributed by atoms with Gasteiger partial charge in [-0.05, 0) is 44.5 Å². The smallest absolute Gasteiger partial charge is 0.161 e. The predicted octanol–water partition coefficient (Wildman–Crippen LogP) is 3.34. The predicted molar refractivity (Wildman–Crippen MR) is 78.0 cm³/mol. The van der Waals surface area contributed by atoms with Crippen LogP contribution in [-0.4, -0.2) is 37.7 Å². The van der Waals surface area contributed by atoms with E-state index >= 15 is 0 Å². The Balaban J connectivity index is 1.77. The summed E-state index contributed by atoms with van der Waals surface area (Å²) in [6.07, 6.45) is 5.06. The average Bonchev–Trinajstić information content (AvgIpc) is 2.47. The Kier molecular flexibility index (Phi) is 6.02. The fraction of sp³-hybridized carbons (Fsp3) is 0.625. The number of para-hydroxylation sites is 2. The largest absolute Gasteiger partial charge is 0.490 e. The van der Waals surface area contributed by atoms with E-state index in [4.69, 9.17) is 9.47 Å². The number of hydrogen-bond acceptors (Lipinski definition) is 3. The lowest BCUT2D eigenvalue weighted by Gasteiger charge is -2.26. The maximum absolute atomic E-state index is 5.87. The number of piperidine rings is 1. The first kappa shape index (κ1) is 14.2. The molecule has 1 aromatic carbocycles. The lowest BCUT2D eigenvalue weighted by Crippen LogP contribution is -2.33. The summed E-state index contributed by atoms with van der Waals surface area (Å²) in [7, 11) is 0. The molecule has 1 aliphatic heterocycles. The van der Waals surface area contributed by atoms with Crippen LogP contribution >= 0.6 is 0 Å². The van der Waals surface area contributed by atoms with Crippen molar-refractivity contribution in [2.24, 2.45) is 0 Å². The topological polar surface area (TPSA) is 21.7 Å². The van der Waals surface area contributed by atoms with Crippen LogP contribution < -0.4 is 9.47 Å². The summed E-state index contributed by atoms with van der Waals surface area (Å²) in [5.41, 5.74) is 0. The molecule has 0 amide bonds. The van der Waals surface area contributed by atoms with Crippen molar-refractivity contribution >= 4 is 0 Å². The third kappa shape index (κ3) is 4.75. The van der Waals surface area contributed by atoms with E-state index in [1.807, 2.05) is 24.3 Å². The zero-order valence-corrected chi connectivity index (χ0v) is 11.9. The molecule has 0 aromatic heterocycles. The molecule has 0 radical (unpaired) electrons. The second-order valence-electron chi connectivity index (χ2n) is 5.05. The summed E-state index contributed by atoms with van der Waals surface area (Å²) in [5, 5.41) is 0. The third-order valence-electron chi connectivity index (χ3n) is 3.42. The van der Waals surface area contributed by atoms with Gasteiger partial charge in [-0.1, -0.05) is 25.5 Å². The zero-order valence-electron chi connectivity index (χ0n) is 11.9. The van der Waals surface area contributed by atoms with Gasteiger partial charge in [0.05, 0.1) is 6.61 Å². The van der Waals surface area contributed by atoms with Gasteiger partial charge < -0.3 is 9.47 Å². The number of likely N-dealkylation sites (tertiary alicyclic amines) is 1. The van der Waals surface area contributed by atoms with Crippen LogP contribution in [0.4, 0.5) is 0 Å². The number of benzene rings is 1. The molecule has 0 saturated carbocycles. The second-order valence-corrected chi connectivity index (χ2v) is 5.05. The minimum atomic E-state index is 0.743. The summed E-state index contributed by atoms with van der Waals surface area (Å²) in [4.78, 5) is 2.49. The van der Waals surface area contributed by atoms with Crippen LogP contribution in [0.5, 0.6) is 11.5 Å². The first-order chi connectivity index (χ1) is 9.40. The van der Waals surface area contributed by atoms with Crippen molar-refractivity contribution in [3.05, 3.63) is 24.3 Å². The summed E-state index contributed by atoms with van der Waals surface area (Å²) >= 11 is 0. The lowest BCUT2D eigenvalue weighted by atomic mass is 10.1. The second kappa shape index (κ2) is 8.05. The van der Waals surface area contributed by atoms with Gasteiger partial charge in [-0.15, -0.1) is 0 Å². The molecule has 0 unspecified atom stereocenters. The minimum Gasteiger partial charge on any atom is -0.490 e. The van der Waals surface area contributed by atoms with E-state index in [2.05, 4.69) is 11.8 Å². The molecule has 1 aliphatic rings. The fourth-order valence-corrected chi connectivity index (χ4v) is 2.37. The first-order valence-corrected chi connectivity index (χ1v) is 7.47. The Bertz CT molecular complexity index is 362. The van der Waals surface area contributed by atoms with E-state index in [0.29, 0.717) is 0 Å². The van der Waals surface area contributed by atoms with E-state index < -0.39 is 0 Å². The van der Waals surface area contributed by atoms with Crippen molar-refractivity contribution in [3.63, 3.8) is 0 Å². The molecule has 106 valence electrons. The zero-order chi connectivity index (χ0) is 13.3. The van der Waals surface area contributed by atoms with E-state index in [1.54, 1.807) is 0 Å². The standard InChI is InChI=1S/C16H25NO2/c1-2-13-18-15-8-4-5-9-16(15)19-14-12-17-10-6-3-7-11-17/h4-5,8-9H,2-3,6-7,10-14H2,1H3. The molecule has 1 fully saturated rings. The Hall–Kier alpha value is -1.22. The third-order valence-corrected chi connectivity index (χ3v) is 3.42. The van der Waals surface area contributed by atoms with Gasteiger partial charge in [-0.3, -0.25) is 4.90 Å². The van der Waals surface area contributed by atoms with Gasteiger partial charge in [0.2, 0.25) is 0 Å². The van der Waals surface area contributed by atoms with Crippen molar-refractivity contribution in [3.8, 4) is 11.5 Å². The van der Waals surface area contributed by atoms with Crippen LogP contribution in [0.15, 0.2) is 24.3 Å². The van der Waals surface area contributed by atoms with Gasteiger partial charge in [0, 0.05) is 6.54 Å². The molecular weight excluding hydrogens is 238 g/mol. The molecule has 1 aromatic rings.